The molecule has 0 aromatic heterocycles. The van der Waals surface area contributed by atoms with E-state index in [-0.39, 0.29) is 136 Å². The predicted octanol–water partition coefficient (Wildman–Crippen LogP) is -12.7. The topological polar surface area (TPSA) is 0 Å². The van der Waals surface area contributed by atoms with E-state index in [0.717, 1.165) is 0 Å². The van der Waals surface area contributed by atoms with Gasteiger partial charge in [-0.25, -0.2) is 0 Å². The fourth-order valence-electron chi connectivity index (χ4n) is 0. The maximum Gasteiger partial charge on any atom is 2.00 e. The van der Waals surface area contributed by atoms with Crippen molar-refractivity contribution in [1.29, 1.82) is 0 Å². The summed E-state index contributed by atoms with van der Waals surface area (Å²) in [5.74, 6) is 0. The van der Waals surface area contributed by atoms with Crippen LogP contribution in [0, 0.1) is 0 Å². The van der Waals surface area contributed by atoms with E-state index in [1.165, 1.54) is 0 Å². The van der Waals surface area contributed by atoms with Crippen LogP contribution in [-0.4, -0.2) is 86.6 Å². The number of hydrogen-bond donors (Lipinski definition) is 0. The van der Waals surface area contributed by atoms with Crippen molar-refractivity contribution < 1.29 is 49.6 Å². The third-order valence-corrected chi connectivity index (χ3v) is 0. The summed E-state index contributed by atoms with van der Waals surface area (Å²) in [6, 6.07) is 0. The van der Waals surface area contributed by atoms with Gasteiger partial charge in [0.2, 0.25) is 0 Å². The van der Waals surface area contributed by atoms with Crippen molar-refractivity contribution in [2.75, 3.05) is 0 Å². The molecule has 0 spiro atoms. The quantitative estimate of drug-likeness (QED) is 0.389. The second-order valence-corrected chi connectivity index (χ2v) is 0. The molecule has 0 unspecified atom stereocenters. The Morgan fingerprint density at radius 2 is 0.500 bits per heavy atom. The maximum atomic E-state index is 0. The summed E-state index contributed by atoms with van der Waals surface area (Å²) >= 11 is 0. The smallest absolute Gasteiger partial charge is 1.00 e. The monoisotopic (exact) mass is 318 g/mol. The van der Waals surface area contributed by atoms with Crippen molar-refractivity contribution in [2.45, 2.75) is 0 Å². The van der Waals surface area contributed by atoms with E-state index in [9.17, 15) is 0 Å². The molecular formula is BaCaCl4. The molecule has 0 saturated heterocycles. The summed E-state index contributed by atoms with van der Waals surface area (Å²) in [4.78, 5) is 0. The standard InChI is InChI=1S/Ba.Ca.4ClH/h;;4*1H/q2*+2;;;;/p-4. The first-order valence-electron chi connectivity index (χ1n) is 0. The molecule has 0 amide bonds. The van der Waals surface area contributed by atoms with E-state index in [1.54, 1.807) is 0 Å². The van der Waals surface area contributed by atoms with E-state index < -0.39 is 0 Å². The molecule has 0 rings (SSSR count). The summed E-state index contributed by atoms with van der Waals surface area (Å²) < 4.78 is 0. The molecule has 0 nitrogen and oxygen atoms in total. The van der Waals surface area contributed by atoms with E-state index in [2.05, 4.69) is 0 Å². The van der Waals surface area contributed by atoms with E-state index in [4.69, 9.17) is 0 Å². The molecule has 0 radical (unpaired) electrons. The Bertz CT molecular complexity index is 7.51. The Labute approximate surface area is 133 Å². The van der Waals surface area contributed by atoms with Gasteiger partial charge in [-0.2, -0.15) is 0 Å². The summed E-state index contributed by atoms with van der Waals surface area (Å²) in [6.45, 7) is 0. The van der Waals surface area contributed by atoms with Crippen LogP contribution >= 0.6 is 0 Å². The molecule has 0 N–H and O–H groups in total. The number of hydrogen-bond acceptors (Lipinski definition) is 0. The summed E-state index contributed by atoms with van der Waals surface area (Å²) in [5, 5.41) is 0. The molecule has 0 aromatic rings. The summed E-state index contributed by atoms with van der Waals surface area (Å²) in [5.41, 5.74) is 0. The van der Waals surface area contributed by atoms with Crippen LogP contribution in [0.3, 0.4) is 0 Å². The maximum absolute atomic E-state index is 0. The van der Waals surface area contributed by atoms with Crippen LogP contribution in [0.4, 0.5) is 0 Å². The van der Waals surface area contributed by atoms with Gasteiger partial charge >= 0.3 is 86.6 Å². The fourth-order valence-corrected chi connectivity index (χ4v) is 0. The minimum absolute atomic E-state index is 0. The van der Waals surface area contributed by atoms with Crippen LogP contribution in [0.15, 0.2) is 0 Å². The first-order valence-corrected chi connectivity index (χ1v) is 0. The van der Waals surface area contributed by atoms with Gasteiger partial charge in [0.15, 0.2) is 0 Å². The summed E-state index contributed by atoms with van der Waals surface area (Å²) in [7, 11) is 0. The molecule has 0 saturated carbocycles. The van der Waals surface area contributed by atoms with Gasteiger partial charge in [-0.05, 0) is 0 Å². The van der Waals surface area contributed by atoms with Crippen LogP contribution in [0.1, 0.15) is 0 Å². The van der Waals surface area contributed by atoms with Gasteiger partial charge in [-0.1, -0.05) is 0 Å². The minimum Gasteiger partial charge on any atom is -1.00 e. The first kappa shape index (κ1) is 50.7. The second-order valence-electron chi connectivity index (χ2n) is 0. The Balaban J connectivity index is 0. The minimum atomic E-state index is 0. The molecule has 0 fully saturated rings. The molecule has 0 heterocycles. The molecule has 32 valence electrons. The van der Waals surface area contributed by atoms with Gasteiger partial charge in [0, 0.05) is 0 Å². The molecule has 0 atom stereocenters. The van der Waals surface area contributed by atoms with Crippen molar-refractivity contribution in [3.8, 4) is 0 Å². The van der Waals surface area contributed by atoms with Crippen molar-refractivity contribution in [1.82, 2.24) is 0 Å². The molecule has 0 bridgehead atoms. The van der Waals surface area contributed by atoms with Gasteiger partial charge in [0.05, 0.1) is 0 Å². The van der Waals surface area contributed by atoms with Crippen LogP contribution in [0.2, 0.25) is 0 Å². The van der Waals surface area contributed by atoms with Crippen LogP contribution in [0.25, 0.3) is 0 Å². The Kier molecular flexibility index (Phi) is 305. The van der Waals surface area contributed by atoms with Crippen LogP contribution in [0.5, 0.6) is 0 Å². The van der Waals surface area contributed by atoms with E-state index in [0.29, 0.717) is 0 Å². The molecule has 6 heavy (non-hydrogen) atoms. The zero-order valence-corrected chi connectivity index (χ0v) is 12.6. The van der Waals surface area contributed by atoms with E-state index >= 15 is 0 Å². The molecule has 0 aliphatic rings. The van der Waals surface area contributed by atoms with Crippen LogP contribution in [-0.2, 0) is 0 Å². The molecule has 0 aromatic carbocycles. The van der Waals surface area contributed by atoms with Gasteiger partial charge in [-0.15, -0.1) is 0 Å². The largest absolute Gasteiger partial charge is 2.00 e. The first-order chi connectivity index (χ1) is 0. The number of rotatable bonds is 0. The Morgan fingerprint density at radius 3 is 0.500 bits per heavy atom. The second kappa shape index (κ2) is 36.0. The third-order valence-electron chi connectivity index (χ3n) is 0. The fraction of sp³-hybridized carbons (Fsp3) is 0. The van der Waals surface area contributed by atoms with Gasteiger partial charge in [0.25, 0.3) is 0 Å². The van der Waals surface area contributed by atoms with Gasteiger partial charge in [-0.3, -0.25) is 0 Å². The predicted molar refractivity (Wildman–Crippen MR) is 11.5 cm³/mol. The molecule has 0 aliphatic heterocycles. The molecule has 0 aliphatic carbocycles. The molecule has 6 heteroatoms. The molecular weight excluding hydrogens is 319 g/mol. The normalized spacial score (nSPS) is 0. The van der Waals surface area contributed by atoms with Crippen molar-refractivity contribution in [3.05, 3.63) is 0 Å². The third kappa shape index (κ3) is 24.5. The zero-order valence-electron chi connectivity index (χ0n) is 2.93. The van der Waals surface area contributed by atoms with Crippen molar-refractivity contribution >= 4 is 86.6 Å². The Hall–Kier alpha value is 3.99. The van der Waals surface area contributed by atoms with Crippen molar-refractivity contribution in [2.24, 2.45) is 0 Å². The van der Waals surface area contributed by atoms with Crippen molar-refractivity contribution in [3.63, 3.8) is 0 Å². The average molecular weight is 319 g/mol. The Morgan fingerprint density at radius 1 is 0.500 bits per heavy atom. The van der Waals surface area contributed by atoms with Crippen LogP contribution < -0.4 is 49.6 Å². The number of halogens is 4. The SMILES string of the molecule is [Ba+2].[Ca+2].[Cl-].[Cl-].[Cl-].[Cl-]. The summed E-state index contributed by atoms with van der Waals surface area (Å²) in [6.07, 6.45) is 0. The zero-order chi connectivity index (χ0) is 0. The van der Waals surface area contributed by atoms with E-state index in [1.807, 2.05) is 0 Å². The average Bonchev–Trinajstić information content (AvgIpc) is 0. The van der Waals surface area contributed by atoms with Gasteiger partial charge < -0.3 is 49.6 Å². The van der Waals surface area contributed by atoms with Gasteiger partial charge in [0.1, 0.15) is 0 Å².